The molecule has 1 aromatic carbocycles. The molecule has 0 saturated carbocycles. The van der Waals surface area contributed by atoms with E-state index in [2.05, 4.69) is 0 Å². The van der Waals surface area contributed by atoms with E-state index in [4.69, 9.17) is 16.3 Å². The van der Waals surface area contributed by atoms with E-state index in [9.17, 15) is 9.18 Å². The summed E-state index contributed by atoms with van der Waals surface area (Å²) < 4.78 is 19.2. The number of methoxy groups -OCH3 is 1. The molecule has 2 aromatic rings. The summed E-state index contributed by atoms with van der Waals surface area (Å²) in [5.74, 6) is -0.364. The molecule has 1 amide bonds. The maximum atomic E-state index is 13.4. The van der Waals surface area contributed by atoms with Gasteiger partial charge in [-0.1, -0.05) is 11.6 Å². The Hall–Kier alpha value is -1.59. The Morgan fingerprint density at radius 3 is 2.71 bits per heavy atom. The van der Waals surface area contributed by atoms with Gasteiger partial charge in [-0.25, -0.2) is 4.39 Å². The molecular formula is C15H15ClFNO2S. The molecule has 0 aliphatic carbocycles. The summed E-state index contributed by atoms with van der Waals surface area (Å²) in [5, 5.41) is 0. The van der Waals surface area contributed by atoms with Crippen molar-refractivity contribution in [1.82, 2.24) is 4.90 Å². The molecule has 0 radical (unpaired) electrons. The molecule has 0 N–H and O–H groups in total. The van der Waals surface area contributed by atoms with Crippen LogP contribution >= 0.6 is 22.9 Å². The molecule has 0 bridgehead atoms. The van der Waals surface area contributed by atoms with Gasteiger partial charge in [-0.2, -0.15) is 0 Å². The van der Waals surface area contributed by atoms with Crippen LogP contribution in [-0.4, -0.2) is 24.5 Å². The van der Waals surface area contributed by atoms with Crippen LogP contribution in [-0.2, 0) is 6.54 Å². The lowest BCUT2D eigenvalue weighted by molar-refractivity contribution is 0.0750. The second-order valence-electron chi connectivity index (χ2n) is 4.37. The van der Waals surface area contributed by atoms with Gasteiger partial charge in [0, 0.05) is 11.4 Å². The zero-order valence-corrected chi connectivity index (χ0v) is 13.3. The number of halogens is 2. The van der Waals surface area contributed by atoms with Gasteiger partial charge in [0.05, 0.1) is 23.6 Å². The number of nitrogens with zero attached hydrogens (tertiary/aromatic N) is 1. The number of carbonyl (C=O) groups excluding carboxylic acids is 1. The zero-order valence-electron chi connectivity index (χ0n) is 11.7. The summed E-state index contributed by atoms with van der Waals surface area (Å²) in [6.45, 7) is 2.82. The fraction of sp³-hybridized carbons (Fsp3) is 0.267. The van der Waals surface area contributed by atoms with E-state index in [0.717, 1.165) is 4.88 Å². The van der Waals surface area contributed by atoms with E-state index in [0.29, 0.717) is 23.2 Å². The van der Waals surface area contributed by atoms with E-state index in [1.807, 2.05) is 13.0 Å². The number of carbonyl (C=O) groups is 1. The second-order valence-corrected chi connectivity index (χ2v) is 6.17. The highest BCUT2D eigenvalue weighted by Crippen LogP contribution is 2.25. The predicted octanol–water partition coefficient (Wildman–Crippen LogP) is 4.21. The minimum atomic E-state index is -0.464. The molecule has 3 nitrogen and oxygen atoms in total. The molecule has 0 atom stereocenters. The Bertz CT molecular complexity index is 644. The molecule has 1 aromatic heterocycles. The molecule has 0 unspecified atom stereocenters. The van der Waals surface area contributed by atoms with Crippen LogP contribution in [0.25, 0.3) is 0 Å². The second kappa shape index (κ2) is 6.91. The lowest BCUT2D eigenvalue weighted by atomic mass is 10.1. The van der Waals surface area contributed by atoms with Gasteiger partial charge in [-0.05, 0) is 37.3 Å². The van der Waals surface area contributed by atoms with Crippen LogP contribution in [0.5, 0.6) is 5.75 Å². The maximum Gasteiger partial charge on any atom is 0.258 e. The number of hydrogen-bond donors (Lipinski definition) is 0. The third-order valence-corrected chi connectivity index (χ3v) is 4.25. The number of amides is 1. The normalized spacial score (nSPS) is 10.5. The standard InChI is InChI=1S/C15H15ClFNO2S/c1-3-18(9-11-5-7-14(16)21-11)15(19)12-8-10(17)4-6-13(12)20-2/h4-8H,3,9H2,1-2H3. The fourth-order valence-electron chi connectivity index (χ4n) is 1.97. The first-order valence-corrected chi connectivity index (χ1v) is 7.61. The van der Waals surface area contributed by atoms with Gasteiger partial charge in [-0.15, -0.1) is 11.3 Å². The van der Waals surface area contributed by atoms with Crippen LogP contribution in [0, 0.1) is 5.82 Å². The fourth-order valence-corrected chi connectivity index (χ4v) is 3.07. The number of benzene rings is 1. The van der Waals surface area contributed by atoms with Crippen molar-refractivity contribution in [3.63, 3.8) is 0 Å². The topological polar surface area (TPSA) is 29.5 Å². The van der Waals surface area contributed by atoms with Crippen LogP contribution in [0.15, 0.2) is 30.3 Å². The van der Waals surface area contributed by atoms with E-state index >= 15 is 0 Å². The highest BCUT2D eigenvalue weighted by Gasteiger charge is 2.20. The lowest BCUT2D eigenvalue weighted by Gasteiger charge is -2.21. The van der Waals surface area contributed by atoms with Crippen molar-refractivity contribution in [3.8, 4) is 5.75 Å². The van der Waals surface area contributed by atoms with Gasteiger partial charge >= 0.3 is 0 Å². The van der Waals surface area contributed by atoms with E-state index < -0.39 is 5.82 Å². The molecule has 0 fully saturated rings. The molecule has 1 heterocycles. The lowest BCUT2D eigenvalue weighted by Crippen LogP contribution is -2.30. The Morgan fingerprint density at radius 1 is 1.38 bits per heavy atom. The summed E-state index contributed by atoms with van der Waals surface area (Å²) in [6, 6.07) is 7.60. The summed E-state index contributed by atoms with van der Waals surface area (Å²) in [5.41, 5.74) is 0.224. The largest absolute Gasteiger partial charge is 0.496 e. The molecule has 0 saturated heterocycles. The Labute approximate surface area is 131 Å². The number of thiophene rings is 1. The Balaban J connectivity index is 2.25. The van der Waals surface area contributed by atoms with Crippen LogP contribution in [0.3, 0.4) is 0 Å². The smallest absolute Gasteiger partial charge is 0.258 e. The Morgan fingerprint density at radius 2 is 2.14 bits per heavy atom. The number of ether oxygens (including phenoxy) is 1. The van der Waals surface area contributed by atoms with E-state index in [1.54, 1.807) is 11.0 Å². The molecular weight excluding hydrogens is 313 g/mol. The van der Waals surface area contributed by atoms with Gasteiger partial charge in [0.25, 0.3) is 5.91 Å². The van der Waals surface area contributed by atoms with Gasteiger partial charge in [0.1, 0.15) is 11.6 Å². The molecule has 0 aliphatic rings. The van der Waals surface area contributed by atoms with E-state index in [-0.39, 0.29) is 11.5 Å². The minimum absolute atomic E-state index is 0.224. The quantitative estimate of drug-likeness (QED) is 0.823. The van der Waals surface area contributed by atoms with Crippen LogP contribution in [0.2, 0.25) is 4.34 Å². The molecule has 6 heteroatoms. The van der Waals surface area contributed by atoms with Crippen molar-refractivity contribution in [2.75, 3.05) is 13.7 Å². The van der Waals surface area contributed by atoms with Crippen LogP contribution in [0.1, 0.15) is 22.2 Å². The van der Waals surface area contributed by atoms with Crippen molar-refractivity contribution < 1.29 is 13.9 Å². The first kappa shape index (κ1) is 15.8. The van der Waals surface area contributed by atoms with Gasteiger partial charge in [0.2, 0.25) is 0 Å². The average molecular weight is 328 g/mol. The minimum Gasteiger partial charge on any atom is -0.496 e. The third kappa shape index (κ3) is 3.74. The molecule has 0 aliphatic heterocycles. The zero-order chi connectivity index (χ0) is 15.4. The molecule has 2 rings (SSSR count). The SMILES string of the molecule is CCN(Cc1ccc(Cl)s1)C(=O)c1cc(F)ccc1OC. The molecule has 112 valence electrons. The third-order valence-electron chi connectivity index (χ3n) is 3.04. The van der Waals surface area contributed by atoms with Crippen LogP contribution in [0.4, 0.5) is 4.39 Å². The first-order valence-electron chi connectivity index (χ1n) is 6.42. The maximum absolute atomic E-state index is 13.4. The number of rotatable bonds is 5. The molecule has 0 spiro atoms. The van der Waals surface area contributed by atoms with Crippen molar-refractivity contribution >= 4 is 28.8 Å². The van der Waals surface area contributed by atoms with Crippen molar-refractivity contribution in [1.29, 1.82) is 0 Å². The Kier molecular flexibility index (Phi) is 5.20. The van der Waals surface area contributed by atoms with Crippen molar-refractivity contribution in [3.05, 3.63) is 50.9 Å². The van der Waals surface area contributed by atoms with Gasteiger partial charge < -0.3 is 9.64 Å². The first-order chi connectivity index (χ1) is 10.0. The van der Waals surface area contributed by atoms with Gasteiger partial charge in [0.15, 0.2) is 0 Å². The summed E-state index contributed by atoms with van der Waals surface area (Å²) >= 11 is 7.32. The summed E-state index contributed by atoms with van der Waals surface area (Å²) in [6.07, 6.45) is 0. The van der Waals surface area contributed by atoms with E-state index in [1.165, 1.54) is 36.6 Å². The monoisotopic (exact) mass is 327 g/mol. The van der Waals surface area contributed by atoms with Crippen molar-refractivity contribution in [2.24, 2.45) is 0 Å². The van der Waals surface area contributed by atoms with Crippen molar-refractivity contribution in [2.45, 2.75) is 13.5 Å². The average Bonchev–Trinajstić information content (AvgIpc) is 2.89. The molecule has 21 heavy (non-hydrogen) atoms. The highest BCUT2D eigenvalue weighted by molar-refractivity contribution is 7.16. The van der Waals surface area contributed by atoms with Gasteiger partial charge in [-0.3, -0.25) is 4.79 Å². The number of hydrogen-bond acceptors (Lipinski definition) is 3. The predicted molar refractivity (Wildman–Crippen MR) is 82.7 cm³/mol. The van der Waals surface area contributed by atoms with Crippen LogP contribution < -0.4 is 4.74 Å². The summed E-state index contributed by atoms with van der Waals surface area (Å²) in [4.78, 5) is 15.2. The summed E-state index contributed by atoms with van der Waals surface area (Å²) in [7, 11) is 1.46. The highest BCUT2D eigenvalue weighted by atomic mass is 35.5.